The number of anilines is 1. The molecule has 1 N–H and O–H groups in total. The Kier molecular flexibility index (Phi) is 5.73. The van der Waals surface area contributed by atoms with Gasteiger partial charge in [-0.05, 0) is 69.8 Å². The molecular weight excluding hydrogens is 450 g/mol. The minimum Gasteiger partial charge on any atom is -0.380 e. The first-order valence-electron chi connectivity index (χ1n) is 10.3. The lowest BCUT2D eigenvalue weighted by Gasteiger charge is -2.62. The Morgan fingerprint density at radius 3 is 2.86 bits per heavy atom. The van der Waals surface area contributed by atoms with E-state index in [1.165, 1.54) is 16.0 Å². The number of Topliss-reactive ketones (excluding diaryl/α,β-unsaturated/α-hetero) is 1. The normalized spacial score (nSPS) is 27.3. The SMILES string of the molecule is C[C@H]1[C@H](Nc2cnn(CC(=O)CCc3cccs3)c(=O)c2Br)C[C@H]2C[C@@H]1C2(C)C. The molecule has 7 heteroatoms. The van der Waals surface area contributed by atoms with E-state index < -0.39 is 0 Å². The van der Waals surface area contributed by atoms with Crippen molar-refractivity contribution in [3.8, 4) is 0 Å². The van der Waals surface area contributed by atoms with Gasteiger partial charge in [-0.15, -0.1) is 11.3 Å². The molecule has 2 heterocycles. The van der Waals surface area contributed by atoms with Crippen LogP contribution in [0.2, 0.25) is 0 Å². The van der Waals surface area contributed by atoms with Crippen molar-refractivity contribution in [1.82, 2.24) is 9.78 Å². The number of ketones is 1. The average molecular weight is 478 g/mol. The Bertz CT molecular complexity index is 953. The van der Waals surface area contributed by atoms with E-state index in [-0.39, 0.29) is 17.9 Å². The Labute approximate surface area is 184 Å². The molecule has 4 atom stereocenters. The van der Waals surface area contributed by atoms with E-state index in [0.29, 0.717) is 34.7 Å². The number of rotatable bonds is 7. The van der Waals surface area contributed by atoms with Crippen LogP contribution in [-0.4, -0.2) is 21.6 Å². The van der Waals surface area contributed by atoms with Gasteiger partial charge in [0.25, 0.3) is 5.56 Å². The number of carbonyl (C=O) groups is 1. The van der Waals surface area contributed by atoms with E-state index in [2.05, 4.69) is 47.1 Å². The molecule has 3 aliphatic rings. The van der Waals surface area contributed by atoms with Gasteiger partial charge in [-0.3, -0.25) is 9.59 Å². The number of thiophene rings is 1. The zero-order valence-corrected chi connectivity index (χ0v) is 19.6. The highest BCUT2D eigenvalue weighted by Gasteiger charge is 2.56. The number of aromatic nitrogens is 2. The van der Waals surface area contributed by atoms with Gasteiger partial charge in [0.15, 0.2) is 5.78 Å². The molecule has 3 saturated carbocycles. The van der Waals surface area contributed by atoms with Crippen LogP contribution >= 0.6 is 27.3 Å². The number of nitrogens with one attached hydrogen (secondary N) is 1. The van der Waals surface area contributed by atoms with Crippen LogP contribution in [0.3, 0.4) is 0 Å². The minimum absolute atomic E-state index is 0.0151. The summed E-state index contributed by atoms with van der Waals surface area (Å²) >= 11 is 5.09. The molecule has 2 bridgehead atoms. The summed E-state index contributed by atoms with van der Waals surface area (Å²) in [5.74, 6) is 2.05. The summed E-state index contributed by atoms with van der Waals surface area (Å²) < 4.78 is 1.72. The number of nitrogens with zero attached hydrogens (tertiary/aromatic N) is 2. The van der Waals surface area contributed by atoms with Gasteiger partial charge in [-0.2, -0.15) is 5.10 Å². The molecular formula is C22H28BrN3O2S. The highest BCUT2D eigenvalue weighted by Crippen LogP contribution is 2.61. The summed E-state index contributed by atoms with van der Waals surface area (Å²) in [4.78, 5) is 26.2. The molecule has 5 rings (SSSR count). The lowest BCUT2D eigenvalue weighted by molar-refractivity contribution is -0.119. The molecule has 0 aromatic carbocycles. The van der Waals surface area contributed by atoms with Crippen molar-refractivity contribution in [3.05, 3.63) is 43.4 Å². The topological polar surface area (TPSA) is 64.0 Å². The average Bonchev–Trinajstić information content (AvgIpc) is 3.20. The maximum atomic E-state index is 12.7. The minimum atomic E-state index is -0.256. The summed E-state index contributed by atoms with van der Waals surface area (Å²) in [6.45, 7) is 7.09. The van der Waals surface area contributed by atoms with Gasteiger partial charge >= 0.3 is 0 Å². The third kappa shape index (κ3) is 3.96. The third-order valence-corrected chi connectivity index (χ3v) is 8.94. The van der Waals surface area contributed by atoms with Crippen molar-refractivity contribution in [2.45, 2.75) is 59.0 Å². The second kappa shape index (κ2) is 7.99. The second-order valence-electron chi connectivity index (χ2n) is 9.16. The van der Waals surface area contributed by atoms with Crippen molar-refractivity contribution in [2.75, 3.05) is 5.32 Å². The van der Waals surface area contributed by atoms with E-state index in [0.717, 1.165) is 23.9 Å². The molecule has 3 aliphatic carbocycles. The zero-order chi connectivity index (χ0) is 20.8. The molecule has 0 saturated heterocycles. The van der Waals surface area contributed by atoms with Crippen LogP contribution in [0.4, 0.5) is 5.69 Å². The maximum absolute atomic E-state index is 12.7. The molecule has 0 amide bonds. The Morgan fingerprint density at radius 1 is 1.41 bits per heavy atom. The third-order valence-electron chi connectivity index (χ3n) is 7.24. The molecule has 0 radical (unpaired) electrons. The van der Waals surface area contributed by atoms with Crippen LogP contribution in [0, 0.1) is 23.2 Å². The van der Waals surface area contributed by atoms with Crippen molar-refractivity contribution in [3.63, 3.8) is 0 Å². The fourth-order valence-corrected chi connectivity index (χ4v) is 6.31. The van der Waals surface area contributed by atoms with Gasteiger partial charge in [0.05, 0.1) is 11.9 Å². The standard InChI is InChI=1S/C22H28BrN3O2S/c1-13-17-9-14(22(17,2)3)10-18(13)25-19-11-24-26(21(28)20(19)23)12-15(27)6-7-16-5-4-8-29-16/h4-5,8,11,13-14,17-18,25H,6-7,9-10,12H2,1-3H3/t13-,14-,17+,18-/m1/s1. The van der Waals surface area contributed by atoms with Crippen LogP contribution in [0.15, 0.2) is 33.0 Å². The monoisotopic (exact) mass is 477 g/mol. The second-order valence-corrected chi connectivity index (χ2v) is 11.0. The molecule has 2 aromatic rings. The van der Waals surface area contributed by atoms with Crippen LogP contribution in [0.5, 0.6) is 0 Å². The quantitative estimate of drug-likeness (QED) is 0.624. The molecule has 0 spiro atoms. The number of aryl methyl sites for hydroxylation is 1. The molecule has 0 aliphatic heterocycles. The van der Waals surface area contributed by atoms with Crippen molar-refractivity contribution in [1.29, 1.82) is 0 Å². The fourth-order valence-electron chi connectivity index (χ4n) is 5.18. The first-order chi connectivity index (χ1) is 13.8. The van der Waals surface area contributed by atoms with E-state index >= 15 is 0 Å². The van der Waals surface area contributed by atoms with Crippen LogP contribution in [-0.2, 0) is 17.8 Å². The van der Waals surface area contributed by atoms with Crippen LogP contribution in [0.25, 0.3) is 0 Å². The molecule has 3 fully saturated rings. The van der Waals surface area contributed by atoms with E-state index in [1.807, 2.05) is 17.5 Å². The van der Waals surface area contributed by atoms with E-state index in [1.54, 1.807) is 17.5 Å². The van der Waals surface area contributed by atoms with Gasteiger partial charge in [-0.1, -0.05) is 26.8 Å². The number of halogens is 1. The first-order valence-corrected chi connectivity index (χ1v) is 12.0. The smallest absolute Gasteiger partial charge is 0.283 e. The van der Waals surface area contributed by atoms with Gasteiger partial charge in [0, 0.05) is 17.3 Å². The lowest BCUT2D eigenvalue weighted by Crippen LogP contribution is -2.58. The largest absolute Gasteiger partial charge is 0.380 e. The van der Waals surface area contributed by atoms with Gasteiger partial charge in [0.2, 0.25) is 0 Å². The van der Waals surface area contributed by atoms with Gasteiger partial charge in [0.1, 0.15) is 11.0 Å². The maximum Gasteiger partial charge on any atom is 0.283 e. The predicted octanol–water partition coefficient (Wildman–Crippen LogP) is 4.75. The summed E-state index contributed by atoms with van der Waals surface area (Å²) in [5, 5.41) is 9.83. The Balaban J connectivity index is 1.40. The molecule has 0 unspecified atom stereocenters. The fraction of sp³-hybridized carbons (Fsp3) is 0.591. The molecule has 5 nitrogen and oxygen atoms in total. The number of fused-ring (bicyclic) bond motifs is 2. The Morgan fingerprint density at radius 2 is 2.21 bits per heavy atom. The van der Waals surface area contributed by atoms with Gasteiger partial charge in [-0.25, -0.2) is 4.68 Å². The highest BCUT2D eigenvalue weighted by molar-refractivity contribution is 9.10. The first kappa shape index (κ1) is 20.8. The summed E-state index contributed by atoms with van der Waals surface area (Å²) in [6, 6.07) is 4.36. The van der Waals surface area contributed by atoms with Crippen LogP contribution in [0.1, 0.15) is 44.9 Å². The number of hydrogen-bond acceptors (Lipinski definition) is 5. The highest BCUT2D eigenvalue weighted by atomic mass is 79.9. The molecule has 29 heavy (non-hydrogen) atoms. The molecule has 156 valence electrons. The zero-order valence-electron chi connectivity index (χ0n) is 17.2. The predicted molar refractivity (Wildman–Crippen MR) is 120 cm³/mol. The van der Waals surface area contributed by atoms with Crippen molar-refractivity contribution < 1.29 is 4.79 Å². The Hall–Kier alpha value is -1.47. The summed E-state index contributed by atoms with van der Waals surface area (Å²) in [5.41, 5.74) is 0.904. The van der Waals surface area contributed by atoms with E-state index in [4.69, 9.17) is 0 Å². The van der Waals surface area contributed by atoms with Crippen molar-refractivity contribution in [2.24, 2.45) is 23.2 Å². The summed E-state index contributed by atoms with van der Waals surface area (Å²) in [7, 11) is 0. The molecule has 2 aromatic heterocycles. The summed E-state index contributed by atoms with van der Waals surface area (Å²) in [6.07, 6.45) is 5.26. The lowest BCUT2D eigenvalue weighted by atomic mass is 9.45. The van der Waals surface area contributed by atoms with Crippen LogP contribution < -0.4 is 10.9 Å². The van der Waals surface area contributed by atoms with Gasteiger partial charge < -0.3 is 5.32 Å². The van der Waals surface area contributed by atoms with Crippen molar-refractivity contribution >= 4 is 38.7 Å². The number of carbonyl (C=O) groups excluding carboxylic acids is 1. The van der Waals surface area contributed by atoms with E-state index in [9.17, 15) is 9.59 Å². The number of hydrogen-bond donors (Lipinski definition) is 1.